The van der Waals surface area contributed by atoms with Gasteiger partial charge in [0, 0.05) is 23.2 Å². The lowest BCUT2D eigenvalue weighted by Crippen LogP contribution is -2.50. The number of nitrogens with zero attached hydrogens (tertiary/aromatic N) is 7. The van der Waals surface area contributed by atoms with Gasteiger partial charge < -0.3 is 5.32 Å². The van der Waals surface area contributed by atoms with Crippen molar-refractivity contribution in [2.45, 2.75) is 43.8 Å². The normalized spacial score (nSPS) is 17.1. The van der Waals surface area contributed by atoms with Crippen molar-refractivity contribution in [3.05, 3.63) is 75.8 Å². The Labute approximate surface area is 239 Å². The Balaban J connectivity index is 1.49. The van der Waals surface area contributed by atoms with Crippen molar-refractivity contribution in [3.63, 3.8) is 0 Å². The van der Waals surface area contributed by atoms with E-state index in [2.05, 4.69) is 20.2 Å². The van der Waals surface area contributed by atoms with Gasteiger partial charge in [0.25, 0.3) is 5.92 Å². The van der Waals surface area contributed by atoms with Crippen LogP contribution in [0.25, 0.3) is 17.2 Å². The van der Waals surface area contributed by atoms with E-state index in [1.165, 1.54) is 24.3 Å². The smallest absolute Gasteiger partial charge is 0.343 e. The number of carbonyl (C=O) groups is 1. The third kappa shape index (κ3) is 6.37. The van der Waals surface area contributed by atoms with Gasteiger partial charge in [-0.05, 0) is 36.4 Å². The van der Waals surface area contributed by atoms with E-state index in [9.17, 15) is 44.7 Å². The summed E-state index contributed by atoms with van der Waals surface area (Å²) in [5.74, 6) is -8.05. The van der Waals surface area contributed by atoms with Gasteiger partial charge in [0.05, 0.1) is 6.54 Å². The van der Waals surface area contributed by atoms with Gasteiger partial charge in [-0.1, -0.05) is 11.6 Å². The third-order valence-corrected chi connectivity index (χ3v) is 6.64. The summed E-state index contributed by atoms with van der Waals surface area (Å²) in [5.41, 5.74) is -2.14. The number of halogens is 9. The van der Waals surface area contributed by atoms with Crippen molar-refractivity contribution in [3.8, 4) is 17.2 Å². The second kappa shape index (κ2) is 10.7. The van der Waals surface area contributed by atoms with Crippen molar-refractivity contribution in [2.75, 3.05) is 0 Å². The lowest BCUT2D eigenvalue weighted by atomic mass is 10.2. The predicted molar refractivity (Wildman–Crippen MR) is 131 cm³/mol. The summed E-state index contributed by atoms with van der Waals surface area (Å²) in [7, 11) is 0. The highest BCUT2D eigenvalue weighted by Gasteiger charge is 2.62. The van der Waals surface area contributed by atoms with Gasteiger partial charge in [-0.25, -0.2) is 32.9 Å². The molecule has 1 aliphatic rings. The highest BCUT2D eigenvalue weighted by Crippen LogP contribution is 2.48. The molecule has 0 spiro atoms. The number of carbonyl (C=O) groups excluding carboxylic acids is 1. The summed E-state index contributed by atoms with van der Waals surface area (Å²) >= 11 is 5.89. The van der Waals surface area contributed by atoms with Crippen molar-refractivity contribution < 1.29 is 39.9 Å². The van der Waals surface area contributed by atoms with E-state index in [1.807, 2.05) is 0 Å². The Bertz CT molecular complexity index is 1710. The molecule has 5 rings (SSSR count). The molecule has 19 heteroatoms. The van der Waals surface area contributed by atoms with E-state index in [-0.39, 0.29) is 22.2 Å². The number of alkyl halides is 8. The highest BCUT2D eigenvalue weighted by molar-refractivity contribution is 6.30. The zero-order valence-electron chi connectivity index (χ0n) is 21.2. The molecule has 2 unspecified atom stereocenters. The second-order valence-corrected chi connectivity index (χ2v) is 9.92. The van der Waals surface area contributed by atoms with Crippen LogP contribution >= 0.6 is 11.6 Å². The van der Waals surface area contributed by atoms with Gasteiger partial charge in [0.1, 0.15) is 30.4 Å². The standard InChI is InChI=1S/C24H17ClF8N8O2/c25-13-5-3-12(4-6-13)18-38-40(10-17-35-11-41(37-17)19-14(23(28,29)30)2-1-7-34-19)21(43)39(18)9-16(24(31,32)33)36-20(42)15-8-22(15,26)27/h1-7,11,15-16H,8-10H2,(H,36,42). The van der Waals surface area contributed by atoms with Gasteiger partial charge in [-0.3, -0.25) is 9.36 Å². The quantitative estimate of drug-likeness (QED) is 0.292. The molecule has 1 N–H and O–H groups in total. The van der Waals surface area contributed by atoms with Gasteiger partial charge in [-0.2, -0.15) is 26.3 Å². The first-order valence-electron chi connectivity index (χ1n) is 12.2. The summed E-state index contributed by atoms with van der Waals surface area (Å²) in [6.45, 7) is -1.83. The fourth-order valence-electron chi connectivity index (χ4n) is 4.11. The van der Waals surface area contributed by atoms with Crippen LogP contribution in [-0.2, 0) is 24.1 Å². The van der Waals surface area contributed by atoms with E-state index in [4.69, 9.17) is 11.6 Å². The zero-order chi connectivity index (χ0) is 31.3. The number of aromatic nitrogens is 7. The monoisotopic (exact) mass is 636 g/mol. The van der Waals surface area contributed by atoms with Crippen LogP contribution in [0.15, 0.2) is 53.7 Å². The Kier molecular flexibility index (Phi) is 7.52. The minimum atomic E-state index is -5.15. The number of amides is 1. The highest BCUT2D eigenvalue weighted by atomic mass is 35.5. The molecule has 1 aromatic carbocycles. The Hall–Kier alpha value is -4.35. The minimum absolute atomic E-state index is 0.128. The van der Waals surface area contributed by atoms with Crippen LogP contribution in [0.2, 0.25) is 5.02 Å². The van der Waals surface area contributed by atoms with E-state index in [1.54, 1.807) is 5.32 Å². The molecule has 2 atom stereocenters. The Morgan fingerprint density at radius 2 is 1.74 bits per heavy atom. The maximum atomic E-state index is 13.9. The maximum Gasteiger partial charge on any atom is 0.420 e. The van der Waals surface area contributed by atoms with Gasteiger partial charge in [0.15, 0.2) is 17.5 Å². The molecular formula is C24H17ClF8N8O2. The molecular weight excluding hydrogens is 620 g/mol. The van der Waals surface area contributed by atoms with Crippen LogP contribution in [0.3, 0.4) is 0 Å². The Morgan fingerprint density at radius 1 is 1.07 bits per heavy atom. The number of pyridine rings is 1. The van der Waals surface area contributed by atoms with Crippen molar-refractivity contribution in [2.24, 2.45) is 5.92 Å². The van der Waals surface area contributed by atoms with Crippen LogP contribution in [0.4, 0.5) is 35.1 Å². The average molecular weight is 637 g/mol. The molecule has 4 aromatic rings. The van der Waals surface area contributed by atoms with Crippen LogP contribution in [0, 0.1) is 5.92 Å². The molecule has 10 nitrogen and oxygen atoms in total. The predicted octanol–water partition coefficient (Wildman–Crippen LogP) is 4.11. The Morgan fingerprint density at radius 3 is 2.35 bits per heavy atom. The lowest BCUT2D eigenvalue weighted by Gasteiger charge is -2.22. The van der Waals surface area contributed by atoms with Crippen molar-refractivity contribution in [1.29, 1.82) is 0 Å². The summed E-state index contributed by atoms with van der Waals surface area (Å²) in [6, 6.07) is 4.54. The van der Waals surface area contributed by atoms with E-state index in [0.717, 1.165) is 24.7 Å². The molecule has 228 valence electrons. The molecule has 1 aliphatic carbocycles. The van der Waals surface area contributed by atoms with Gasteiger partial charge in [0.2, 0.25) is 5.91 Å². The fourth-order valence-corrected chi connectivity index (χ4v) is 4.24. The summed E-state index contributed by atoms with van der Waals surface area (Å²) < 4.78 is 111. The number of hydrogen-bond acceptors (Lipinski definition) is 6. The van der Waals surface area contributed by atoms with Crippen LogP contribution in [0.5, 0.6) is 0 Å². The molecule has 1 fully saturated rings. The molecule has 3 heterocycles. The summed E-state index contributed by atoms with van der Waals surface area (Å²) in [5, 5.41) is 9.77. The van der Waals surface area contributed by atoms with Crippen molar-refractivity contribution >= 4 is 17.5 Å². The van der Waals surface area contributed by atoms with E-state index >= 15 is 0 Å². The largest absolute Gasteiger partial charge is 0.420 e. The molecule has 3 aromatic heterocycles. The summed E-state index contributed by atoms with van der Waals surface area (Å²) in [4.78, 5) is 32.9. The SMILES string of the molecule is O=C(NC(Cn1c(-c2ccc(Cl)cc2)nn(Cc2ncn(-c3ncccc3C(F)(F)F)n2)c1=O)C(F)(F)F)C1CC1(F)F. The van der Waals surface area contributed by atoms with Crippen molar-refractivity contribution in [1.82, 2.24) is 39.4 Å². The number of hydrogen-bond donors (Lipinski definition) is 1. The first-order valence-corrected chi connectivity index (χ1v) is 12.5. The number of nitrogens with one attached hydrogen (secondary N) is 1. The van der Waals surface area contributed by atoms with Gasteiger partial charge >= 0.3 is 18.0 Å². The van der Waals surface area contributed by atoms with Crippen LogP contribution in [-0.4, -0.2) is 58.1 Å². The van der Waals surface area contributed by atoms with Crippen LogP contribution < -0.4 is 11.0 Å². The molecule has 1 saturated carbocycles. The molecule has 0 aliphatic heterocycles. The number of benzene rings is 1. The molecule has 0 radical (unpaired) electrons. The first kappa shape index (κ1) is 30.1. The maximum absolute atomic E-state index is 13.9. The van der Waals surface area contributed by atoms with E-state index < -0.39 is 72.7 Å². The lowest BCUT2D eigenvalue weighted by molar-refractivity contribution is -0.165. The topological polar surface area (TPSA) is 113 Å². The minimum Gasteiger partial charge on any atom is -0.343 e. The molecule has 43 heavy (non-hydrogen) atoms. The first-order chi connectivity index (χ1) is 20.0. The molecule has 0 saturated heterocycles. The van der Waals surface area contributed by atoms with E-state index in [0.29, 0.717) is 13.9 Å². The van der Waals surface area contributed by atoms with Gasteiger partial charge in [-0.15, -0.1) is 10.2 Å². The van der Waals surface area contributed by atoms with Crippen LogP contribution in [0.1, 0.15) is 17.8 Å². The number of rotatable bonds is 8. The fraction of sp³-hybridized carbons (Fsp3) is 0.333. The summed E-state index contributed by atoms with van der Waals surface area (Å²) in [6.07, 6.45) is -8.84. The third-order valence-electron chi connectivity index (χ3n) is 6.38. The molecule has 0 bridgehead atoms. The second-order valence-electron chi connectivity index (χ2n) is 9.48. The molecule has 1 amide bonds. The zero-order valence-corrected chi connectivity index (χ0v) is 22.0. The average Bonchev–Trinajstić information content (AvgIpc) is 3.21.